The quantitative estimate of drug-likeness (QED) is 0.672. The molecule has 4 bridgehead atoms. The number of rotatable bonds is 5. The first kappa shape index (κ1) is 11.9. The van der Waals surface area contributed by atoms with Crippen molar-refractivity contribution < 1.29 is 5.11 Å². The zero-order valence-electron chi connectivity index (χ0n) is 10.7. The molecule has 0 unspecified atom stereocenters. The topological polar surface area (TPSA) is 58.3 Å². The van der Waals surface area contributed by atoms with Gasteiger partial charge < -0.3 is 16.2 Å². The van der Waals surface area contributed by atoms with E-state index in [1.165, 1.54) is 38.5 Å². The third kappa shape index (κ3) is 2.38. The summed E-state index contributed by atoms with van der Waals surface area (Å²) in [6.45, 7) is 1.98. The van der Waals surface area contributed by atoms with Gasteiger partial charge in [-0.15, -0.1) is 0 Å². The summed E-state index contributed by atoms with van der Waals surface area (Å²) in [7, 11) is 0. The maximum Gasteiger partial charge on any atom is 0.0594 e. The van der Waals surface area contributed by atoms with Gasteiger partial charge in [0.25, 0.3) is 0 Å². The molecule has 98 valence electrons. The molecule has 3 nitrogen and oxygen atoms in total. The molecule has 0 amide bonds. The van der Waals surface area contributed by atoms with Gasteiger partial charge >= 0.3 is 0 Å². The first-order valence-corrected chi connectivity index (χ1v) is 7.26. The summed E-state index contributed by atoms with van der Waals surface area (Å²) in [5.74, 6) is 3.07. The van der Waals surface area contributed by atoms with E-state index in [2.05, 4.69) is 5.32 Å². The van der Waals surface area contributed by atoms with E-state index >= 15 is 0 Å². The largest absolute Gasteiger partial charge is 0.395 e. The van der Waals surface area contributed by atoms with Crippen LogP contribution in [0.5, 0.6) is 0 Å². The Kier molecular flexibility index (Phi) is 3.18. The number of nitrogens with two attached hydrogens (primary N) is 1. The Balaban J connectivity index is 1.55. The molecule has 3 heteroatoms. The highest BCUT2D eigenvalue weighted by Gasteiger charge is 2.50. The molecule has 4 N–H and O–H groups in total. The molecule has 0 aromatic rings. The zero-order valence-corrected chi connectivity index (χ0v) is 10.7. The smallest absolute Gasteiger partial charge is 0.0594 e. The molecular formula is C14H26N2O. The van der Waals surface area contributed by atoms with E-state index in [1.54, 1.807) is 0 Å². The summed E-state index contributed by atoms with van der Waals surface area (Å²) in [5.41, 5.74) is 6.33. The molecule has 0 saturated heterocycles. The van der Waals surface area contributed by atoms with Gasteiger partial charge in [-0.2, -0.15) is 0 Å². The molecule has 4 fully saturated rings. The van der Waals surface area contributed by atoms with Crippen LogP contribution in [-0.4, -0.2) is 30.8 Å². The molecule has 4 aliphatic rings. The average Bonchev–Trinajstić information content (AvgIpc) is 2.26. The highest BCUT2D eigenvalue weighted by atomic mass is 16.3. The predicted molar refractivity (Wildman–Crippen MR) is 68.5 cm³/mol. The molecular weight excluding hydrogens is 212 g/mol. The van der Waals surface area contributed by atoms with Gasteiger partial charge in [0.1, 0.15) is 0 Å². The van der Waals surface area contributed by atoms with Crippen molar-refractivity contribution in [2.45, 2.75) is 44.6 Å². The van der Waals surface area contributed by atoms with Crippen molar-refractivity contribution in [2.75, 3.05) is 19.7 Å². The molecule has 17 heavy (non-hydrogen) atoms. The summed E-state index contributed by atoms with van der Waals surface area (Å²) >= 11 is 0. The Morgan fingerprint density at radius 3 is 2.12 bits per heavy atom. The van der Waals surface area contributed by atoms with Crippen LogP contribution in [0.15, 0.2) is 0 Å². The van der Waals surface area contributed by atoms with Crippen LogP contribution in [0.25, 0.3) is 0 Å². The van der Waals surface area contributed by atoms with Gasteiger partial charge in [-0.25, -0.2) is 0 Å². The molecule has 0 spiro atoms. The highest BCUT2D eigenvalue weighted by molar-refractivity contribution is 5.02. The van der Waals surface area contributed by atoms with E-state index < -0.39 is 0 Å². The number of hydrogen-bond acceptors (Lipinski definition) is 3. The molecule has 0 aromatic carbocycles. The van der Waals surface area contributed by atoms with E-state index in [9.17, 15) is 0 Å². The maximum atomic E-state index is 8.93. The van der Waals surface area contributed by atoms with Gasteiger partial charge in [0.05, 0.1) is 6.61 Å². The Morgan fingerprint density at radius 1 is 1.12 bits per heavy atom. The summed E-state index contributed by atoms with van der Waals surface area (Å²) in [5, 5.41) is 12.4. The predicted octanol–water partition coefficient (Wildman–Crippen LogP) is 1.11. The van der Waals surface area contributed by atoms with Gasteiger partial charge in [0.15, 0.2) is 0 Å². The number of hydrogen-bond donors (Lipinski definition) is 3. The number of nitrogens with one attached hydrogen (secondary N) is 1. The third-order valence-electron chi connectivity index (χ3n) is 5.31. The molecule has 4 aliphatic carbocycles. The monoisotopic (exact) mass is 238 g/mol. The fourth-order valence-electron chi connectivity index (χ4n) is 5.09. The van der Waals surface area contributed by atoms with E-state index in [4.69, 9.17) is 10.8 Å². The van der Waals surface area contributed by atoms with Gasteiger partial charge in [-0.3, -0.25) is 0 Å². The Labute approximate surface area is 104 Å². The second-order valence-corrected chi connectivity index (χ2v) is 6.99. The van der Waals surface area contributed by atoms with Crippen LogP contribution in [0, 0.1) is 23.2 Å². The van der Waals surface area contributed by atoms with Crippen LogP contribution >= 0.6 is 0 Å². The van der Waals surface area contributed by atoms with Crippen LogP contribution < -0.4 is 11.1 Å². The number of aliphatic hydroxyl groups is 1. The van der Waals surface area contributed by atoms with Gasteiger partial charge in [-0.1, -0.05) is 0 Å². The van der Waals surface area contributed by atoms with Crippen molar-refractivity contribution in [3.8, 4) is 0 Å². The SMILES string of the molecule is N[C@H](CO)CNCC12CC3CC(CC(C3)C1)C2. The Hall–Kier alpha value is -0.120. The molecule has 0 radical (unpaired) electrons. The zero-order chi connectivity index (χ0) is 11.9. The number of aliphatic hydroxyl groups excluding tert-OH is 1. The second kappa shape index (κ2) is 4.52. The lowest BCUT2D eigenvalue weighted by atomic mass is 9.49. The maximum absolute atomic E-state index is 8.93. The minimum absolute atomic E-state index is 0.0911. The lowest BCUT2D eigenvalue weighted by Crippen LogP contribution is -2.51. The molecule has 0 aromatic heterocycles. The minimum atomic E-state index is -0.0936. The van der Waals surface area contributed by atoms with Crippen molar-refractivity contribution in [1.29, 1.82) is 0 Å². The first-order chi connectivity index (χ1) is 8.19. The van der Waals surface area contributed by atoms with E-state index in [0.717, 1.165) is 30.8 Å². The van der Waals surface area contributed by atoms with E-state index in [-0.39, 0.29) is 12.6 Å². The highest BCUT2D eigenvalue weighted by Crippen LogP contribution is 2.59. The Bertz CT molecular complexity index is 244. The van der Waals surface area contributed by atoms with Crippen LogP contribution in [0.2, 0.25) is 0 Å². The van der Waals surface area contributed by atoms with E-state index in [0.29, 0.717) is 5.41 Å². The van der Waals surface area contributed by atoms with Crippen LogP contribution in [-0.2, 0) is 0 Å². The second-order valence-electron chi connectivity index (χ2n) is 6.99. The summed E-state index contributed by atoms with van der Waals surface area (Å²) in [6.07, 6.45) is 8.86. The van der Waals surface area contributed by atoms with Crippen LogP contribution in [0.3, 0.4) is 0 Å². The molecule has 0 aliphatic heterocycles. The third-order valence-corrected chi connectivity index (χ3v) is 5.31. The van der Waals surface area contributed by atoms with Gasteiger partial charge in [0.2, 0.25) is 0 Å². The minimum Gasteiger partial charge on any atom is -0.395 e. The van der Waals surface area contributed by atoms with Crippen molar-refractivity contribution in [2.24, 2.45) is 28.9 Å². The summed E-state index contributed by atoms with van der Waals surface area (Å²) < 4.78 is 0. The average molecular weight is 238 g/mol. The van der Waals surface area contributed by atoms with Crippen LogP contribution in [0.1, 0.15) is 38.5 Å². The van der Waals surface area contributed by atoms with Crippen molar-refractivity contribution in [3.05, 3.63) is 0 Å². The standard InChI is InChI=1S/C14H26N2O/c15-13(8-17)7-16-9-14-4-10-1-11(5-14)3-12(2-10)6-14/h10-13,16-17H,1-9,15H2/t10?,11?,12?,13-,14?/m0/s1. The van der Waals surface area contributed by atoms with E-state index in [1.807, 2.05) is 0 Å². The molecule has 4 saturated carbocycles. The molecule has 4 rings (SSSR count). The lowest BCUT2D eigenvalue weighted by molar-refractivity contribution is -0.0514. The normalized spacial score (nSPS) is 45.2. The molecule has 0 heterocycles. The fourth-order valence-corrected chi connectivity index (χ4v) is 5.09. The van der Waals surface area contributed by atoms with Crippen molar-refractivity contribution in [3.63, 3.8) is 0 Å². The fraction of sp³-hybridized carbons (Fsp3) is 1.00. The summed E-state index contributed by atoms with van der Waals surface area (Å²) in [4.78, 5) is 0. The van der Waals surface area contributed by atoms with Crippen molar-refractivity contribution >= 4 is 0 Å². The molecule has 1 atom stereocenters. The first-order valence-electron chi connectivity index (χ1n) is 7.26. The Morgan fingerprint density at radius 2 is 1.65 bits per heavy atom. The lowest BCUT2D eigenvalue weighted by Gasteiger charge is -2.57. The van der Waals surface area contributed by atoms with Crippen molar-refractivity contribution in [1.82, 2.24) is 5.32 Å². The van der Waals surface area contributed by atoms with Gasteiger partial charge in [0, 0.05) is 19.1 Å². The van der Waals surface area contributed by atoms with Gasteiger partial charge in [-0.05, 0) is 61.7 Å². The summed E-state index contributed by atoms with van der Waals surface area (Å²) in [6, 6.07) is -0.0936. The van der Waals surface area contributed by atoms with Crippen LogP contribution in [0.4, 0.5) is 0 Å².